The number of carbonyl (C=O) groups excluding carboxylic acids is 1. The Morgan fingerprint density at radius 2 is 2.12 bits per heavy atom. The van der Waals surface area contributed by atoms with Crippen molar-refractivity contribution in [1.82, 2.24) is 19.7 Å². The van der Waals surface area contributed by atoms with Crippen molar-refractivity contribution in [3.63, 3.8) is 0 Å². The van der Waals surface area contributed by atoms with Crippen LogP contribution in [0.25, 0.3) is 11.4 Å². The molecule has 1 aliphatic heterocycles. The Balaban J connectivity index is 1.69. The second-order valence-corrected chi connectivity index (χ2v) is 7.42. The molecule has 1 atom stereocenters. The molecule has 0 radical (unpaired) electrons. The van der Waals surface area contributed by atoms with Crippen LogP contribution in [0.1, 0.15) is 26.2 Å². The number of halogens is 1. The second-order valence-electron chi connectivity index (χ2n) is 6.07. The minimum Gasteiger partial charge on any atom is -0.339 e. The van der Waals surface area contributed by atoms with E-state index in [0.717, 1.165) is 30.1 Å². The first-order valence-corrected chi connectivity index (χ1v) is 9.51. The lowest BCUT2D eigenvalue weighted by atomic mass is 10.0. The van der Waals surface area contributed by atoms with E-state index in [9.17, 15) is 4.79 Å². The first kappa shape index (κ1) is 17.3. The molecule has 24 heavy (non-hydrogen) atoms. The van der Waals surface area contributed by atoms with Crippen molar-refractivity contribution in [2.24, 2.45) is 7.05 Å². The van der Waals surface area contributed by atoms with Gasteiger partial charge in [0.25, 0.3) is 0 Å². The molecule has 128 valence electrons. The van der Waals surface area contributed by atoms with Crippen LogP contribution in [-0.4, -0.2) is 43.9 Å². The highest BCUT2D eigenvalue weighted by atomic mass is 35.5. The molecule has 3 rings (SSSR count). The SMILES string of the molecule is CC1CCCCN1C(=O)CSc1nnc(-c2ccccc2Cl)n1C. The predicted octanol–water partition coefficient (Wildman–Crippen LogP) is 3.63. The molecule has 2 aromatic rings. The average Bonchev–Trinajstić information content (AvgIpc) is 2.94. The molecular weight excluding hydrogens is 344 g/mol. The molecule has 0 saturated carbocycles. The number of carbonyl (C=O) groups is 1. The molecule has 2 heterocycles. The van der Waals surface area contributed by atoms with Crippen LogP contribution in [0.15, 0.2) is 29.4 Å². The monoisotopic (exact) mass is 364 g/mol. The molecule has 0 spiro atoms. The third-order valence-corrected chi connectivity index (χ3v) is 5.73. The Morgan fingerprint density at radius 3 is 2.88 bits per heavy atom. The maximum Gasteiger partial charge on any atom is 0.233 e. The number of benzene rings is 1. The third-order valence-electron chi connectivity index (χ3n) is 4.40. The topological polar surface area (TPSA) is 51.0 Å². The van der Waals surface area contributed by atoms with Gasteiger partial charge in [-0.1, -0.05) is 35.5 Å². The lowest BCUT2D eigenvalue weighted by molar-refractivity contribution is -0.131. The summed E-state index contributed by atoms with van der Waals surface area (Å²) < 4.78 is 1.89. The van der Waals surface area contributed by atoms with E-state index in [1.165, 1.54) is 18.2 Å². The fourth-order valence-corrected chi connectivity index (χ4v) is 4.01. The molecular formula is C17H21ClN4OS. The van der Waals surface area contributed by atoms with Gasteiger partial charge in [-0.25, -0.2) is 0 Å². The molecule has 1 fully saturated rings. The zero-order chi connectivity index (χ0) is 17.1. The van der Waals surface area contributed by atoms with Crippen LogP contribution in [0, 0.1) is 0 Å². The van der Waals surface area contributed by atoms with Gasteiger partial charge in [-0.05, 0) is 38.3 Å². The maximum atomic E-state index is 12.5. The van der Waals surface area contributed by atoms with Crippen molar-refractivity contribution >= 4 is 29.3 Å². The van der Waals surface area contributed by atoms with Crippen LogP contribution in [-0.2, 0) is 11.8 Å². The Morgan fingerprint density at radius 1 is 1.33 bits per heavy atom. The van der Waals surface area contributed by atoms with Gasteiger partial charge in [-0.15, -0.1) is 10.2 Å². The summed E-state index contributed by atoms with van der Waals surface area (Å²) in [4.78, 5) is 14.4. The van der Waals surface area contributed by atoms with Crippen LogP contribution in [0.2, 0.25) is 5.02 Å². The van der Waals surface area contributed by atoms with E-state index in [2.05, 4.69) is 17.1 Å². The van der Waals surface area contributed by atoms with Crippen LogP contribution in [0.5, 0.6) is 0 Å². The van der Waals surface area contributed by atoms with Gasteiger partial charge < -0.3 is 9.47 Å². The van der Waals surface area contributed by atoms with E-state index in [0.29, 0.717) is 22.6 Å². The van der Waals surface area contributed by atoms with Gasteiger partial charge in [-0.3, -0.25) is 4.79 Å². The summed E-state index contributed by atoms with van der Waals surface area (Å²) in [5.41, 5.74) is 0.844. The number of thioether (sulfide) groups is 1. The van der Waals surface area contributed by atoms with Gasteiger partial charge in [0.05, 0.1) is 10.8 Å². The normalized spacial score (nSPS) is 18.0. The van der Waals surface area contributed by atoms with Gasteiger partial charge in [0, 0.05) is 25.2 Å². The summed E-state index contributed by atoms with van der Waals surface area (Å²) in [6, 6.07) is 7.89. The Hall–Kier alpha value is -1.53. The Bertz CT molecular complexity index is 733. The van der Waals surface area contributed by atoms with Crippen molar-refractivity contribution in [2.45, 2.75) is 37.4 Å². The Labute approximate surface area is 151 Å². The molecule has 1 saturated heterocycles. The van der Waals surface area contributed by atoms with Crippen molar-refractivity contribution in [3.8, 4) is 11.4 Å². The van der Waals surface area contributed by atoms with Crippen molar-refractivity contribution < 1.29 is 4.79 Å². The van der Waals surface area contributed by atoms with E-state index in [1.54, 1.807) is 0 Å². The number of rotatable bonds is 4. The van der Waals surface area contributed by atoms with Crippen LogP contribution < -0.4 is 0 Å². The highest BCUT2D eigenvalue weighted by Crippen LogP contribution is 2.28. The predicted molar refractivity (Wildman–Crippen MR) is 97.2 cm³/mol. The lowest BCUT2D eigenvalue weighted by Gasteiger charge is -2.33. The molecule has 7 heteroatoms. The van der Waals surface area contributed by atoms with Crippen molar-refractivity contribution in [1.29, 1.82) is 0 Å². The quantitative estimate of drug-likeness (QED) is 0.777. The fourth-order valence-electron chi connectivity index (χ4n) is 3.00. The van der Waals surface area contributed by atoms with Gasteiger partial charge in [0.15, 0.2) is 11.0 Å². The number of hydrogen-bond donors (Lipinski definition) is 0. The molecule has 0 N–H and O–H groups in total. The highest BCUT2D eigenvalue weighted by molar-refractivity contribution is 7.99. The van der Waals surface area contributed by atoms with Crippen LogP contribution >= 0.6 is 23.4 Å². The summed E-state index contributed by atoms with van der Waals surface area (Å²) in [6.07, 6.45) is 3.40. The van der Waals surface area contributed by atoms with Crippen molar-refractivity contribution in [3.05, 3.63) is 29.3 Å². The lowest BCUT2D eigenvalue weighted by Crippen LogP contribution is -2.42. The number of likely N-dealkylation sites (tertiary alicyclic amines) is 1. The number of hydrogen-bond acceptors (Lipinski definition) is 4. The molecule has 1 unspecified atom stereocenters. The molecule has 1 amide bonds. The molecule has 1 aromatic carbocycles. The molecule has 0 aliphatic carbocycles. The minimum absolute atomic E-state index is 0.175. The van der Waals surface area contributed by atoms with E-state index in [1.807, 2.05) is 40.8 Å². The van der Waals surface area contributed by atoms with Crippen LogP contribution in [0.3, 0.4) is 0 Å². The van der Waals surface area contributed by atoms with Gasteiger partial charge in [0.2, 0.25) is 5.91 Å². The van der Waals surface area contributed by atoms with E-state index in [-0.39, 0.29) is 5.91 Å². The van der Waals surface area contributed by atoms with Gasteiger partial charge in [-0.2, -0.15) is 0 Å². The third kappa shape index (κ3) is 3.59. The summed E-state index contributed by atoms with van der Waals surface area (Å²) >= 11 is 7.66. The van der Waals surface area contributed by atoms with Gasteiger partial charge in [0.1, 0.15) is 0 Å². The molecule has 5 nitrogen and oxygen atoms in total. The zero-order valence-corrected chi connectivity index (χ0v) is 15.5. The summed E-state index contributed by atoms with van der Waals surface area (Å²) in [5.74, 6) is 1.27. The number of piperidine rings is 1. The molecule has 0 bridgehead atoms. The smallest absolute Gasteiger partial charge is 0.233 e. The standard InChI is InChI=1S/C17H21ClN4OS/c1-12-7-5-6-10-22(12)15(23)11-24-17-20-19-16(21(17)2)13-8-3-4-9-14(13)18/h3-4,8-9,12H,5-7,10-11H2,1-2H3. The largest absolute Gasteiger partial charge is 0.339 e. The zero-order valence-electron chi connectivity index (χ0n) is 13.9. The maximum absolute atomic E-state index is 12.5. The first-order chi connectivity index (χ1) is 11.6. The molecule has 1 aromatic heterocycles. The van der Waals surface area contributed by atoms with E-state index < -0.39 is 0 Å². The summed E-state index contributed by atoms with van der Waals surface area (Å²) in [6.45, 7) is 2.99. The number of aromatic nitrogens is 3. The van der Waals surface area contributed by atoms with Gasteiger partial charge >= 0.3 is 0 Å². The first-order valence-electron chi connectivity index (χ1n) is 8.14. The van der Waals surface area contributed by atoms with E-state index in [4.69, 9.17) is 11.6 Å². The second kappa shape index (κ2) is 7.57. The van der Waals surface area contributed by atoms with Crippen LogP contribution in [0.4, 0.5) is 0 Å². The number of nitrogens with zero attached hydrogens (tertiary/aromatic N) is 4. The Kier molecular flexibility index (Phi) is 5.46. The average molecular weight is 365 g/mol. The summed E-state index contributed by atoms with van der Waals surface area (Å²) in [7, 11) is 1.90. The fraction of sp³-hybridized carbons (Fsp3) is 0.471. The number of amides is 1. The van der Waals surface area contributed by atoms with Crippen molar-refractivity contribution in [2.75, 3.05) is 12.3 Å². The highest BCUT2D eigenvalue weighted by Gasteiger charge is 2.23. The van der Waals surface area contributed by atoms with E-state index >= 15 is 0 Å². The molecule has 1 aliphatic rings. The minimum atomic E-state index is 0.175. The summed E-state index contributed by atoms with van der Waals surface area (Å²) in [5, 5.41) is 9.82.